The molecule has 1 aromatic rings. The smallest absolute Gasteiger partial charge is 0.120 e. The van der Waals surface area contributed by atoms with Gasteiger partial charge in [-0.2, -0.15) is 0 Å². The summed E-state index contributed by atoms with van der Waals surface area (Å²) in [6.45, 7) is 0.544. The van der Waals surface area contributed by atoms with E-state index in [9.17, 15) is 5.11 Å². The van der Waals surface area contributed by atoms with Crippen LogP contribution in [-0.4, -0.2) is 30.0 Å². The molecule has 0 fully saturated rings. The zero-order chi connectivity index (χ0) is 10.4. The normalized spacial score (nSPS) is 12.7. The first kappa shape index (κ1) is 11.0. The quantitative estimate of drug-likeness (QED) is 0.501. The maximum absolute atomic E-state index is 9.45. The molecule has 0 aromatic heterocycles. The molecule has 0 saturated carbocycles. The van der Waals surface area contributed by atoms with E-state index in [0.29, 0.717) is 6.54 Å². The highest BCUT2D eigenvalue weighted by molar-refractivity contribution is 5.31. The third-order valence-electron chi connectivity index (χ3n) is 2.06. The van der Waals surface area contributed by atoms with Gasteiger partial charge in [0.1, 0.15) is 5.75 Å². The van der Waals surface area contributed by atoms with Crippen LogP contribution in [0.1, 0.15) is 5.56 Å². The van der Waals surface area contributed by atoms with Gasteiger partial charge < -0.3 is 15.5 Å². The Balaban J connectivity index is 2.49. The van der Waals surface area contributed by atoms with Crippen molar-refractivity contribution in [3.05, 3.63) is 29.8 Å². The van der Waals surface area contributed by atoms with Crippen molar-refractivity contribution >= 4 is 0 Å². The van der Waals surface area contributed by atoms with E-state index in [1.165, 1.54) is 0 Å². The fourth-order valence-corrected chi connectivity index (χ4v) is 1.15. The molecule has 4 nitrogen and oxygen atoms in total. The molecule has 4 heteroatoms. The highest BCUT2D eigenvalue weighted by atomic mass is 16.3. The van der Waals surface area contributed by atoms with Crippen molar-refractivity contribution in [2.75, 3.05) is 13.7 Å². The van der Waals surface area contributed by atoms with Gasteiger partial charge in [-0.1, -0.05) is 18.2 Å². The van der Waals surface area contributed by atoms with E-state index in [4.69, 9.17) is 5.11 Å². The summed E-state index contributed by atoms with van der Waals surface area (Å²) in [6.07, 6.45) is -0.144. The second-order valence-electron chi connectivity index (χ2n) is 3.03. The number of benzene rings is 1. The van der Waals surface area contributed by atoms with Gasteiger partial charge in [0.05, 0.1) is 12.8 Å². The summed E-state index contributed by atoms with van der Waals surface area (Å²) < 4.78 is 0. The van der Waals surface area contributed by atoms with Crippen LogP contribution in [0.25, 0.3) is 0 Å². The summed E-state index contributed by atoms with van der Waals surface area (Å²) >= 11 is 0. The Labute approximate surface area is 83.6 Å². The number of likely N-dealkylation sites (N-methyl/N-ethyl adjacent to an activating group) is 1. The molecule has 0 saturated heterocycles. The number of phenolic OH excluding ortho intramolecular Hbond substituents is 1. The van der Waals surface area contributed by atoms with Gasteiger partial charge in [-0.3, -0.25) is 5.32 Å². The number of aliphatic hydroxyl groups is 1. The minimum atomic E-state index is -0.144. The maximum Gasteiger partial charge on any atom is 0.120 e. The molecular formula is C10H16N2O2. The zero-order valence-corrected chi connectivity index (χ0v) is 8.20. The number of aromatic hydroxyl groups is 1. The molecule has 14 heavy (non-hydrogen) atoms. The van der Waals surface area contributed by atoms with Crippen molar-refractivity contribution in [3.63, 3.8) is 0 Å². The Kier molecular flexibility index (Phi) is 4.39. The number of nitrogens with one attached hydrogen (secondary N) is 2. The number of hydrogen-bond acceptors (Lipinski definition) is 4. The van der Waals surface area contributed by atoms with Gasteiger partial charge in [0.2, 0.25) is 0 Å². The van der Waals surface area contributed by atoms with Gasteiger partial charge in [0.15, 0.2) is 0 Å². The summed E-state index contributed by atoms with van der Waals surface area (Å²) in [5.41, 5.74) is 0.821. The Morgan fingerprint density at radius 3 is 2.64 bits per heavy atom. The van der Waals surface area contributed by atoms with Crippen LogP contribution in [0.2, 0.25) is 0 Å². The van der Waals surface area contributed by atoms with Crippen LogP contribution in [0.4, 0.5) is 0 Å². The largest absolute Gasteiger partial charge is 0.508 e. The Morgan fingerprint density at radius 1 is 1.36 bits per heavy atom. The minimum Gasteiger partial charge on any atom is -0.508 e. The van der Waals surface area contributed by atoms with Gasteiger partial charge in [-0.25, -0.2) is 0 Å². The molecule has 0 radical (unpaired) electrons. The second kappa shape index (κ2) is 5.59. The van der Waals surface area contributed by atoms with Crippen LogP contribution in [0, 0.1) is 0 Å². The molecule has 1 atom stereocenters. The van der Waals surface area contributed by atoms with Crippen LogP contribution in [0.5, 0.6) is 5.75 Å². The molecule has 1 rings (SSSR count). The topological polar surface area (TPSA) is 64.5 Å². The summed E-state index contributed by atoms with van der Waals surface area (Å²) in [5.74, 6) is 0.271. The highest BCUT2D eigenvalue weighted by Crippen LogP contribution is 2.14. The van der Waals surface area contributed by atoms with Crippen molar-refractivity contribution in [3.8, 4) is 5.75 Å². The van der Waals surface area contributed by atoms with Crippen LogP contribution in [0.3, 0.4) is 0 Å². The van der Waals surface area contributed by atoms with Gasteiger partial charge in [-0.05, 0) is 13.1 Å². The minimum absolute atomic E-state index is 0.0180. The molecule has 0 aliphatic heterocycles. The van der Waals surface area contributed by atoms with Gasteiger partial charge in [0.25, 0.3) is 0 Å². The summed E-state index contributed by atoms with van der Waals surface area (Å²) in [6, 6.07) is 7.13. The molecule has 0 aliphatic carbocycles. The van der Waals surface area contributed by atoms with Crippen molar-refractivity contribution in [2.24, 2.45) is 0 Å². The SMILES string of the molecule is CNC(CO)NCc1ccccc1O. The molecule has 1 aromatic carbocycles. The average molecular weight is 196 g/mol. The molecule has 0 amide bonds. The zero-order valence-electron chi connectivity index (χ0n) is 8.20. The van der Waals surface area contributed by atoms with E-state index in [1.54, 1.807) is 19.2 Å². The van der Waals surface area contributed by atoms with Crippen molar-refractivity contribution < 1.29 is 10.2 Å². The number of phenols is 1. The molecule has 0 bridgehead atoms. The molecule has 0 aliphatic rings. The average Bonchev–Trinajstić information content (AvgIpc) is 2.22. The molecule has 0 spiro atoms. The summed E-state index contributed by atoms with van der Waals surface area (Å²) in [5, 5.41) is 24.3. The lowest BCUT2D eigenvalue weighted by atomic mass is 10.2. The molecule has 0 heterocycles. The first-order valence-corrected chi connectivity index (χ1v) is 4.56. The van der Waals surface area contributed by atoms with Crippen LogP contribution in [0.15, 0.2) is 24.3 Å². The monoisotopic (exact) mass is 196 g/mol. The first-order valence-electron chi connectivity index (χ1n) is 4.56. The van der Waals surface area contributed by atoms with Gasteiger partial charge in [0, 0.05) is 12.1 Å². The Hall–Kier alpha value is -1.10. The van der Waals surface area contributed by atoms with E-state index in [2.05, 4.69) is 10.6 Å². The lowest BCUT2D eigenvalue weighted by molar-refractivity contribution is 0.224. The number of aliphatic hydroxyl groups excluding tert-OH is 1. The van der Waals surface area contributed by atoms with E-state index >= 15 is 0 Å². The second-order valence-corrected chi connectivity index (χ2v) is 3.03. The fourth-order valence-electron chi connectivity index (χ4n) is 1.15. The molecule has 78 valence electrons. The van der Waals surface area contributed by atoms with Crippen LogP contribution in [-0.2, 0) is 6.54 Å². The van der Waals surface area contributed by atoms with Crippen molar-refractivity contribution in [1.29, 1.82) is 0 Å². The highest BCUT2D eigenvalue weighted by Gasteiger charge is 2.04. The van der Waals surface area contributed by atoms with Crippen LogP contribution >= 0.6 is 0 Å². The van der Waals surface area contributed by atoms with E-state index in [-0.39, 0.29) is 18.5 Å². The maximum atomic E-state index is 9.45. The summed E-state index contributed by atoms with van der Waals surface area (Å²) in [4.78, 5) is 0. The Bertz CT molecular complexity index is 275. The predicted molar refractivity (Wildman–Crippen MR) is 54.9 cm³/mol. The van der Waals surface area contributed by atoms with E-state index in [0.717, 1.165) is 5.56 Å². The standard InChI is InChI=1S/C10H16N2O2/c1-11-10(7-13)12-6-8-4-2-3-5-9(8)14/h2-5,10-14H,6-7H2,1H3. The van der Waals surface area contributed by atoms with E-state index < -0.39 is 0 Å². The Morgan fingerprint density at radius 2 is 2.07 bits per heavy atom. The van der Waals surface area contributed by atoms with Gasteiger partial charge in [-0.15, -0.1) is 0 Å². The van der Waals surface area contributed by atoms with Crippen LogP contribution < -0.4 is 10.6 Å². The predicted octanol–water partition coefficient (Wildman–Crippen LogP) is 0.0196. The molecule has 4 N–H and O–H groups in total. The number of para-hydroxylation sites is 1. The van der Waals surface area contributed by atoms with Crippen molar-refractivity contribution in [1.82, 2.24) is 10.6 Å². The van der Waals surface area contributed by atoms with Gasteiger partial charge >= 0.3 is 0 Å². The van der Waals surface area contributed by atoms with Crippen molar-refractivity contribution in [2.45, 2.75) is 12.7 Å². The van der Waals surface area contributed by atoms with E-state index in [1.807, 2.05) is 12.1 Å². The molecule has 1 unspecified atom stereocenters. The third-order valence-corrected chi connectivity index (χ3v) is 2.06. The number of hydrogen-bond donors (Lipinski definition) is 4. The third kappa shape index (κ3) is 2.99. The molecular weight excluding hydrogens is 180 g/mol. The lowest BCUT2D eigenvalue weighted by Gasteiger charge is -2.15. The fraction of sp³-hybridized carbons (Fsp3) is 0.400. The summed E-state index contributed by atoms with van der Waals surface area (Å²) in [7, 11) is 1.76. The first-order chi connectivity index (χ1) is 6.77. The lowest BCUT2D eigenvalue weighted by Crippen LogP contribution is -2.42. The number of rotatable bonds is 5.